The summed E-state index contributed by atoms with van der Waals surface area (Å²) in [5, 5.41) is 31.2. The molecule has 0 unspecified atom stereocenters. The minimum absolute atomic E-state index is 0.0148. The highest BCUT2D eigenvalue weighted by atomic mass is 19.1. The van der Waals surface area contributed by atoms with Gasteiger partial charge in [0.25, 0.3) is 0 Å². The second-order valence-electron chi connectivity index (χ2n) is 13.5. The Morgan fingerprint density at radius 1 is 1.12 bits per heavy atom. The summed E-state index contributed by atoms with van der Waals surface area (Å²) >= 11 is 0. The van der Waals surface area contributed by atoms with Crippen LogP contribution in [0.4, 0.5) is 4.39 Å². The molecule has 228 valence electrons. The number of hydrogen-bond donors (Lipinski definition) is 3. The molecule has 3 saturated carbocycles. The van der Waals surface area contributed by atoms with Gasteiger partial charge in [-0.25, -0.2) is 4.39 Å². The van der Waals surface area contributed by atoms with E-state index < -0.39 is 58.9 Å². The summed E-state index contributed by atoms with van der Waals surface area (Å²) < 4.78 is 32.6. The summed E-state index contributed by atoms with van der Waals surface area (Å²) in [6.07, 6.45) is 6.57. The first-order valence-corrected chi connectivity index (χ1v) is 15.1. The molecule has 1 aromatic carbocycles. The normalized spacial score (nSPS) is 41.3. The number of hydrogen-bond acceptors (Lipinski definition) is 7. The number of benzene rings is 1. The number of rotatable bonds is 6. The van der Waals surface area contributed by atoms with Crippen LogP contribution in [0.1, 0.15) is 62.5 Å². The summed E-state index contributed by atoms with van der Waals surface area (Å²) in [6.45, 7) is 3.47. The van der Waals surface area contributed by atoms with Crippen LogP contribution in [0.2, 0.25) is 0 Å². The van der Waals surface area contributed by atoms with Gasteiger partial charge in [-0.2, -0.15) is 0 Å². The predicted molar refractivity (Wildman–Crippen MR) is 153 cm³/mol. The van der Waals surface area contributed by atoms with E-state index in [4.69, 9.17) is 9.47 Å². The monoisotopic (exact) mass is 591 g/mol. The molecule has 0 radical (unpaired) electrons. The van der Waals surface area contributed by atoms with E-state index in [1.165, 1.54) is 12.2 Å². The van der Waals surface area contributed by atoms with Gasteiger partial charge in [0, 0.05) is 41.2 Å². The number of halogens is 1. The molecule has 5 aliphatic rings. The number of aromatic nitrogens is 1. The largest absolute Gasteiger partial charge is 0.392 e. The Hall–Kier alpha value is -2.95. The zero-order chi connectivity index (χ0) is 30.4. The lowest BCUT2D eigenvalue weighted by Gasteiger charge is -2.62. The molecule has 4 fully saturated rings. The average Bonchev–Trinajstić information content (AvgIpc) is 3.67. The van der Waals surface area contributed by atoms with Gasteiger partial charge in [0.2, 0.25) is 0 Å². The molecule has 2 heterocycles. The number of ether oxygens (including phenoxy) is 2. The topological polar surface area (TPSA) is 118 Å². The van der Waals surface area contributed by atoms with E-state index >= 15 is 4.39 Å². The van der Waals surface area contributed by atoms with Crippen molar-refractivity contribution < 1.29 is 38.8 Å². The Morgan fingerprint density at radius 2 is 1.86 bits per heavy atom. The number of carbonyl (C=O) groups excluding carboxylic acids is 2. The lowest BCUT2D eigenvalue weighted by atomic mass is 9.44. The fourth-order valence-corrected chi connectivity index (χ4v) is 9.38. The van der Waals surface area contributed by atoms with Crippen LogP contribution in [0.25, 0.3) is 0 Å². The molecule has 0 spiro atoms. The van der Waals surface area contributed by atoms with E-state index in [9.17, 15) is 24.9 Å². The molecule has 0 amide bonds. The van der Waals surface area contributed by atoms with E-state index in [2.05, 4.69) is 0 Å². The number of allylic oxidation sites excluding steroid dienone is 4. The molecule has 4 aliphatic carbocycles. The molecular weight excluding hydrogens is 553 g/mol. The van der Waals surface area contributed by atoms with Crippen molar-refractivity contribution in [2.75, 3.05) is 6.61 Å². The van der Waals surface area contributed by atoms with Gasteiger partial charge in [-0.1, -0.05) is 42.8 Å². The van der Waals surface area contributed by atoms with Gasteiger partial charge in [0.05, 0.1) is 18.8 Å². The van der Waals surface area contributed by atoms with Gasteiger partial charge in [0.15, 0.2) is 29.1 Å². The van der Waals surface area contributed by atoms with Crippen LogP contribution in [0.3, 0.4) is 0 Å². The van der Waals surface area contributed by atoms with E-state index in [1.807, 2.05) is 54.2 Å². The van der Waals surface area contributed by atoms with Crippen molar-refractivity contribution in [1.29, 1.82) is 0 Å². The van der Waals surface area contributed by atoms with Gasteiger partial charge in [-0.15, -0.1) is 0 Å². The Morgan fingerprint density at radius 3 is 2.58 bits per heavy atom. The third-order valence-corrected chi connectivity index (χ3v) is 11.6. The van der Waals surface area contributed by atoms with Crippen molar-refractivity contribution in [2.45, 2.75) is 82.5 Å². The molecule has 1 aliphatic heterocycles. The second-order valence-corrected chi connectivity index (χ2v) is 13.5. The Kier molecular flexibility index (Phi) is 6.55. The van der Waals surface area contributed by atoms with Gasteiger partial charge < -0.3 is 29.4 Å². The molecule has 43 heavy (non-hydrogen) atoms. The summed E-state index contributed by atoms with van der Waals surface area (Å²) in [5.41, 5.74) is -2.40. The lowest BCUT2D eigenvalue weighted by molar-refractivity contribution is -0.231. The van der Waals surface area contributed by atoms with Crippen molar-refractivity contribution >= 4 is 11.6 Å². The van der Waals surface area contributed by atoms with Gasteiger partial charge in [-0.05, 0) is 67.9 Å². The quantitative estimate of drug-likeness (QED) is 0.469. The van der Waals surface area contributed by atoms with Crippen molar-refractivity contribution in [3.05, 3.63) is 83.2 Å². The molecule has 3 N–H and O–H groups in total. The van der Waals surface area contributed by atoms with Crippen molar-refractivity contribution in [3.8, 4) is 0 Å². The third kappa shape index (κ3) is 3.78. The molecule has 8 nitrogen and oxygen atoms in total. The summed E-state index contributed by atoms with van der Waals surface area (Å²) in [4.78, 5) is 25.9. The first-order chi connectivity index (χ1) is 20.5. The van der Waals surface area contributed by atoms with Crippen LogP contribution in [0.5, 0.6) is 0 Å². The van der Waals surface area contributed by atoms with Gasteiger partial charge in [0.1, 0.15) is 6.61 Å². The number of carbonyl (C=O) groups is 2. The minimum Gasteiger partial charge on any atom is -0.392 e. The fraction of sp³-hybridized carbons (Fsp3) is 0.529. The van der Waals surface area contributed by atoms with Crippen molar-refractivity contribution in [3.63, 3.8) is 0 Å². The zero-order valence-electron chi connectivity index (χ0n) is 24.4. The lowest BCUT2D eigenvalue weighted by Crippen LogP contribution is -2.69. The van der Waals surface area contributed by atoms with Gasteiger partial charge >= 0.3 is 0 Å². The Balaban J connectivity index is 1.19. The summed E-state index contributed by atoms with van der Waals surface area (Å²) in [6, 6.07) is 9.55. The van der Waals surface area contributed by atoms with Crippen LogP contribution in [0, 0.1) is 22.7 Å². The molecule has 0 bridgehead atoms. The van der Waals surface area contributed by atoms with Gasteiger partial charge in [-0.3, -0.25) is 9.59 Å². The summed E-state index contributed by atoms with van der Waals surface area (Å²) in [5.74, 6) is -1.64. The molecule has 9 heteroatoms. The smallest absolute Gasteiger partial charge is 0.193 e. The maximum Gasteiger partial charge on any atom is 0.193 e. The molecule has 9 atom stereocenters. The summed E-state index contributed by atoms with van der Waals surface area (Å²) in [7, 11) is 0. The first-order valence-electron chi connectivity index (χ1n) is 15.1. The third-order valence-electron chi connectivity index (χ3n) is 11.6. The van der Waals surface area contributed by atoms with Crippen LogP contribution in [-0.4, -0.2) is 61.5 Å². The number of aliphatic hydroxyl groups excluding tert-OH is 3. The first kappa shape index (κ1) is 28.8. The Bertz CT molecular complexity index is 1530. The SMILES string of the molecule is C[C@]12C=CC(=O)C=C1CC[C@H]1[C@@H]3C[C@H]4O[C@@H](c5ccn(Cc6ccc(CO)cc6)c5)O[C@@]4(C(=O)CO)[C@@]3(C)C[C@H](O)[C@@]12F. The minimum atomic E-state index is -2.04. The highest BCUT2D eigenvalue weighted by molar-refractivity contribution is 6.01. The van der Waals surface area contributed by atoms with Crippen LogP contribution in [0.15, 0.2) is 66.5 Å². The number of alkyl halides is 1. The fourth-order valence-electron chi connectivity index (χ4n) is 9.38. The number of nitrogens with zero attached hydrogens (tertiary/aromatic N) is 1. The highest BCUT2D eigenvalue weighted by Crippen LogP contribution is 2.72. The zero-order valence-corrected chi connectivity index (χ0v) is 24.4. The highest BCUT2D eigenvalue weighted by Gasteiger charge is 2.79. The van der Waals surface area contributed by atoms with Crippen molar-refractivity contribution in [1.82, 2.24) is 4.57 Å². The number of aliphatic hydroxyl groups is 3. The number of ketones is 2. The molecule has 2 aromatic rings. The van der Waals surface area contributed by atoms with E-state index in [0.29, 0.717) is 31.4 Å². The van der Waals surface area contributed by atoms with Crippen molar-refractivity contribution in [2.24, 2.45) is 22.7 Å². The molecule has 1 aromatic heterocycles. The predicted octanol–water partition coefficient (Wildman–Crippen LogP) is 3.72. The maximum atomic E-state index is 17.5. The van der Waals surface area contributed by atoms with Crippen LogP contribution < -0.4 is 0 Å². The average molecular weight is 592 g/mol. The number of fused-ring (bicyclic) bond motifs is 7. The molecule has 1 saturated heterocycles. The van der Waals surface area contributed by atoms with E-state index in [1.54, 1.807) is 13.0 Å². The second kappa shape index (κ2) is 9.78. The maximum absolute atomic E-state index is 17.5. The van der Waals surface area contributed by atoms with E-state index in [-0.39, 0.29) is 24.7 Å². The standard InChI is InChI=1S/C34H38FNO7/c1-31-11-9-24(39)13-23(31)7-8-25-26-14-29-34(28(41)19-38,32(26,2)15-27(40)33(25,31)35)43-30(42-29)22-10-12-36(17-22)16-20-3-5-21(18-37)6-4-20/h3-6,9-13,17,25-27,29-30,37-38,40H,7-8,14-16,18-19H2,1-2H3/t25-,26-,27-,29+,30+,31-,32-,33-,34+/m0/s1. The van der Waals surface area contributed by atoms with E-state index in [0.717, 1.165) is 16.7 Å². The molecule has 7 rings (SSSR count). The molecular formula is C34H38FNO7. The van der Waals surface area contributed by atoms with Crippen LogP contribution >= 0.6 is 0 Å². The van der Waals surface area contributed by atoms with Crippen LogP contribution in [-0.2, 0) is 32.2 Å². The number of Topliss-reactive ketones (excluding diaryl/α,β-unsaturated/α-hetero) is 1. The Labute approximate surface area is 249 Å².